The monoisotopic (exact) mass is 267 g/mol. The highest BCUT2D eigenvalue weighted by Crippen LogP contribution is 2.20. The molecule has 19 heavy (non-hydrogen) atoms. The van der Waals surface area contributed by atoms with E-state index in [-0.39, 0.29) is 30.2 Å². The highest BCUT2D eigenvalue weighted by atomic mass is 16.2. The van der Waals surface area contributed by atoms with Gasteiger partial charge >= 0.3 is 0 Å². The van der Waals surface area contributed by atoms with Crippen molar-refractivity contribution in [3.8, 4) is 0 Å². The summed E-state index contributed by atoms with van der Waals surface area (Å²) in [6.45, 7) is 4.27. The molecule has 0 N–H and O–H groups in total. The Balaban J connectivity index is 1.88. The third kappa shape index (κ3) is 3.05. The van der Waals surface area contributed by atoms with Crippen LogP contribution in [0.2, 0.25) is 0 Å². The minimum absolute atomic E-state index is 0.000715. The number of hydrogen-bond acceptors (Lipinski definition) is 3. The summed E-state index contributed by atoms with van der Waals surface area (Å²) in [5.74, 6) is 0.109. The van der Waals surface area contributed by atoms with Crippen molar-refractivity contribution in [1.82, 2.24) is 14.7 Å². The molecule has 0 unspecified atom stereocenters. The lowest BCUT2D eigenvalue weighted by atomic mass is 9.95. The van der Waals surface area contributed by atoms with Crippen LogP contribution in [0, 0.1) is 5.92 Å². The van der Waals surface area contributed by atoms with Crippen molar-refractivity contribution in [3.63, 3.8) is 0 Å². The minimum Gasteiger partial charge on any atom is -0.343 e. The molecule has 0 aromatic carbocycles. The number of rotatable bonds is 1. The quantitative estimate of drug-likeness (QED) is 0.646. The number of hydrogen-bond donors (Lipinski definition) is 0. The standard InChI is InChI=1S/C13H21N3O3/c1-10(17)15-5-3-11(4-6-15)13(19)16-8-7-14(2)12(18)9-16/h11H,3-9H2,1-2H3. The molecule has 6 nitrogen and oxygen atoms in total. The smallest absolute Gasteiger partial charge is 0.241 e. The van der Waals surface area contributed by atoms with Gasteiger partial charge in [-0.2, -0.15) is 0 Å². The van der Waals surface area contributed by atoms with Gasteiger partial charge in [-0.25, -0.2) is 0 Å². The molecule has 0 aromatic rings. The average molecular weight is 267 g/mol. The number of piperazine rings is 1. The van der Waals surface area contributed by atoms with Crippen LogP contribution >= 0.6 is 0 Å². The van der Waals surface area contributed by atoms with Crippen LogP contribution in [0.3, 0.4) is 0 Å². The van der Waals surface area contributed by atoms with Crippen molar-refractivity contribution in [2.24, 2.45) is 5.92 Å². The first-order valence-electron chi connectivity index (χ1n) is 6.77. The fourth-order valence-electron chi connectivity index (χ4n) is 2.65. The van der Waals surface area contributed by atoms with Crippen LogP contribution in [0.1, 0.15) is 19.8 Å². The lowest BCUT2D eigenvalue weighted by molar-refractivity contribution is -0.148. The lowest BCUT2D eigenvalue weighted by Gasteiger charge is -2.37. The number of amides is 3. The highest BCUT2D eigenvalue weighted by Gasteiger charge is 2.32. The Morgan fingerprint density at radius 2 is 1.68 bits per heavy atom. The maximum absolute atomic E-state index is 12.3. The molecule has 0 aliphatic carbocycles. The van der Waals surface area contributed by atoms with Gasteiger partial charge in [0.15, 0.2) is 0 Å². The van der Waals surface area contributed by atoms with Gasteiger partial charge in [0.05, 0.1) is 6.54 Å². The SMILES string of the molecule is CC(=O)N1CCC(C(=O)N2CCN(C)C(=O)C2)CC1. The minimum atomic E-state index is -0.0354. The summed E-state index contributed by atoms with van der Waals surface area (Å²) < 4.78 is 0. The Morgan fingerprint density at radius 3 is 2.21 bits per heavy atom. The van der Waals surface area contributed by atoms with Gasteiger partial charge in [-0.05, 0) is 12.8 Å². The second-order valence-electron chi connectivity index (χ2n) is 5.36. The van der Waals surface area contributed by atoms with Crippen molar-refractivity contribution in [2.75, 3.05) is 39.8 Å². The third-order valence-corrected chi connectivity index (χ3v) is 4.06. The molecule has 0 spiro atoms. The highest BCUT2D eigenvalue weighted by molar-refractivity contribution is 5.87. The molecule has 0 bridgehead atoms. The van der Waals surface area contributed by atoms with Crippen LogP contribution in [0.5, 0.6) is 0 Å². The fraction of sp³-hybridized carbons (Fsp3) is 0.769. The molecule has 2 aliphatic heterocycles. The zero-order valence-corrected chi connectivity index (χ0v) is 11.6. The summed E-state index contributed by atoms with van der Waals surface area (Å²) >= 11 is 0. The van der Waals surface area contributed by atoms with E-state index >= 15 is 0 Å². The normalized spacial score (nSPS) is 21.8. The van der Waals surface area contributed by atoms with Crippen LogP contribution in [0.15, 0.2) is 0 Å². The van der Waals surface area contributed by atoms with Gasteiger partial charge in [0, 0.05) is 46.1 Å². The molecule has 6 heteroatoms. The summed E-state index contributed by atoms with van der Waals surface area (Å²) in [4.78, 5) is 40.3. The first-order chi connectivity index (χ1) is 8.99. The molecule has 2 rings (SSSR count). The maximum atomic E-state index is 12.3. The van der Waals surface area contributed by atoms with Gasteiger partial charge in [-0.3, -0.25) is 14.4 Å². The lowest BCUT2D eigenvalue weighted by Crippen LogP contribution is -2.53. The number of carbonyl (C=O) groups excluding carboxylic acids is 3. The van der Waals surface area contributed by atoms with E-state index < -0.39 is 0 Å². The van der Waals surface area contributed by atoms with Crippen LogP contribution in [0.4, 0.5) is 0 Å². The summed E-state index contributed by atoms with van der Waals surface area (Å²) in [7, 11) is 1.76. The second kappa shape index (κ2) is 5.59. The largest absolute Gasteiger partial charge is 0.343 e. The summed E-state index contributed by atoms with van der Waals surface area (Å²) in [6.07, 6.45) is 1.41. The molecule has 0 atom stereocenters. The molecule has 3 amide bonds. The summed E-state index contributed by atoms with van der Waals surface area (Å²) in [5.41, 5.74) is 0. The topological polar surface area (TPSA) is 60.9 Å². The Bertz CT molecular complexity index is 389. The molecular weight excluding hydrogens is 246 g/mol. The number of nitrogens with zero attached hydrogens (tertiary/aromatic N) is 3. The second-order valence-corrected chi connectivity index (χ2v) is 5.36. The molecule has 106 valence electrons. The van der Waals surface area contributed by atoms with Crippen LogP contribution in [-0.4, -0.2) is 72.2 Å². The average Bonchev–Trinajstić information content (AvgIpc) is 2.41. The van der Waals surface area contributed by atoms with Gasteiger partial charge in [0.1, 0.15) is 0 Å². The van der Waals surface area contributed by atoms with Gasteiger partial charge in [-0.1, -0.05) is 0 Å². The molecule has 2 fully saturated rings. The van der Waals surface area contributed by atoms with E-state index in [1.807, 2.05) is 0 Å². The first kappa shape index (κ1) is 13.8. The molecule has 2 heterocycles. The maximum Gasteiger partial charge on any atom is 0.241 e. The van der Waals surface area contributed by atoms with Crippen molar-refractivity contribution in [1.29, 1.82) is 0 Å². The predicted molar refractivity (Wildman–Crippen MR) is 69.2 cm³/mol. The number of carbonyl (C=O) groups is 3. The molecule has 0 aromatic heterocycles. The van der Waals surface area contributed by atoms with E-state index in [1.54, 1.807) is 28.7 Å². The van der Waals surface area contributed by atoms with Gasteiger partial charge in [0.2, 0.25) is 17.7 Å². The van der Waals surface area contributed by atoms with Crippen LogP contribution in [0.25, 0.3) is 0 Å². The van der Waals surface area contributed by atoms with E-state index in [4.69, 9.17) is 0 Å². The Hall–Kier alpha value is -1.59. The van der Waals surface area contributed by atoms with E-state index in [9.17, 15) is 14.4 Å². The van der Waals surface area contributed by atoms with E-state index in [0.717, 1.165) is 0 Å². The fourth-order valence-corrected chi connectivity index (χ4v) is 2.65. The van der Waals surface area contributed by atoms with E-state index in [0.29, 0.717) is 39.0 Å². The van der Waals surface area contributed by atoms with Crippen molar-refractivity contribution in [2.45, 2.75) is 19.8 Å². The van der Waals surface area contributed by atoms with Gasteiger partial charge in [-0.15, -0.1) is 0 Å². The Labute approximate surface area is 113 Å². The van der Waals surface area contributed by atoms with Crippen molar-refractivity contribution >= 4 is 17.7 Å². The third-order valence-electron chi connectivity index (χ3n) is 4.06. The molecule has 0 saturated carbocycles. The predicted octanol–water partition coefficient (Wildman–Crippen LogP) is -0.454. The zero-order valence-electron chi connectivity index (χ0n) is 11.6. The summed E-state index contributed by atoms with van der Waals surface area (Å²) in [5, 5.41) is 0. The molecule has 2 saturated heterocycles. The van der Waals surface area contributed by atoms with Crippen LogP contribution in [-0.2, 0) is 14.4 Å². The van der Waals surface area contributed by atoms with Crippen molar-refractivity contribution in [3.05, 3.63) is 0 Å². The molecular formula is C13H21N3O3. The number of likely N-dealkylation sites (N-methyl/N-ethyl adjacent to an activating group) is 1. The summed E-state index contributed by atoms with van der Waals surface area (Å²) in [6, 6.07) is 0. The van der Waals surface area contributed by atoms with Crippen molar-refractivity contribution < 1.29 is 14.4 Å². The Kier molecular flexibility index (Phi) is 4.07. The molecule has 2 aliphatic rings. The number of likely N-dealkylation sites (tertiary alicyclic amines) is 1. The Morgan fingerprint density at radius 1 is 1.05 bits per heavy atom. The van der Waals surface area contributed by atoms with Gasteiger partial charge < -0.3 is 14.7 Å². The van der Waals surface area contributed by atoms with E-state index in [1.165, 1.54) is 0 Å². The number of piperidine rings is 1. The first-order valence-corrected chi connectivity index (χ1v) is 6.77. The van der Waals surface area contributed by atoms with E-state index in [2.05, 4.69) is 0 Å². The molecule has 0 radical (unpaired) electrons. The van der Waals surface area contributed by atoms with Gasteiger partial charge in [0.25, 0.3) is 0 Å². The van der Waals surface area contributed by atoms with Crippen LogP contribution < -0.4 is 0 Å². The zero-order chi connectivity index (χ0) is 14.0.